The van der Waals surface area contributed by atoms with Gasteiger partial charge in [0, 0.05) is 18.8 Å². The molecule has 0 radical (unpaired) electrons. The van der Waals surface area contributed by atoms with Gasteiger partial charge >= 0.3 is 0 Å². The SMILES string of the molecule is Nc1cc(C(=O)N2CCC3CCCCC32)c(Cl)cn1. The average molecular weight is 280 g/mol. The summed E-state index contributed by atoms with van der Waals surface area (Å²) in [7, 11) is 0. The molecule has 2 N–H and O–H groups in total. The molecule has 1 aromatic heterocycles. The first-order valence-corrected chi connectivity index (χ1v) is 7.26. The molecule has 0 bridgehead atoms. The van der Waals surface area contributed by atoms with Crippen LogP contribution >= 0.6 is 11.6 Å². The predicted octanol–water partition coefficient (Wildman–Crippen LogP) is 2.72. The van der Waals surface area contributed by atoms with Gasteiger partial charge in [-0.1, -0.05) is 24.4 Å². The maximum atomic E-state index is 12.6. The third kappa shape index (κ3) is 2.29. The number of carbonyl (C=O) groups is 1. The molecule has 19 heavy (non-hydrogen) atoms. The first-order chi connectivity index (χ1) is 9.16. The van der Waals surface area contributed by atoms with E-state index in [1.165, 1.54) is 25.5 Å². The van der Waals surface area contributed by atoms with Crippen LogP contribution in [-0.4, -0.2) is 28.4 Å². The molecule has 1 saturated heterocycles. The minimum Gasteiger partial charge on any atom is -0.384 e. The number of hydrogen-bond donors (Lipinski definition) is 1. The van der Waals surface area contributed by atoms with Crippen LogP contribution in [0.3, 0.4) is 0 Å². The highest BCUT2D eigenvalue weighted by Gasteiger charge is 2.38. The Labute approximate surface area is 117 Å². The van der Waals surface area contributed by atoms with Crippen LogP contribution in [0.25, 0.3) is 0 Å². The summed E-state index contributed by atoms with van der Waals surface area (Å²) < 4.78 is 0. The highest BCUT2D eigenvalue weighted by Crippen LogP contribution is 2.37. The van der Waals surface area contributed by atoms with E-state index in [4.69, 9.17) is 17.3 Å². The largest absolute Gasteiger partial charge is 0.384 e. The van der Waals surface area contributed by atoms with E-state index >= 15 is 0 Å². The molecule has 2 fully saturated rings. The van der Waals surface area contributed by atoms with Gasteiger partial charge < -0.3 is 10.6 Å². The molecule has 1 saturated carbocycles. The molecule has 2 aliphatic rings. The van der Waals surface area contributed by atoms with E-state index < -0.39 is 0 Å². The van der Waals surface area contributed by atoms with Crippen molar-refractivity contribution in [1.29, 1.82) is 0 Å². The quantitative estimate of drug-likeness (QED) is 0.860. The lowest BCUT2D eigenvalue weighted by atomic mass is 9.85. The summed E-state index contributed by atoms with van der Waals surface area (Å²) >= 11 is 6.08. The van der Waals surface area contributed by atoms with Gasteiger partial charge in [-0.3, -0.25) is 4.79 Å². The summed E-state index contributed by atoms with van der Waals surface area (Å²) in [5, 5.41) is 0.387. The Balaban J connectivity index is 1.85. The van der Waals surface area contributed by atoms with Crippen molar-refractivity contribution in [2.24, 2.45) is 5.92 Å². The molecule has 2 unspecified atom stereocenters. The Morgan fingerprint density at radius 2 is 2.16 bits per heavy atom. The van der Waals surface area contributed by atoms with Crippen LogP contribution in [0.5, 0.6) is 0 Å². The Morgan fingerprint density at radius 1 is 1.37 bits per heavy atom. The van der Waals surface area contributed by atoms with Gasteiger partial charge in [-0.05, 0) is 31.2 Å². The van der Waals surface area contributed by atoms with Crippen LogP contribution in [0.4, 0.5) is 5.82 Å². The third-order valence-electron chi connectivity index (χ3n) is 4.38. The lowest BCUT2D eigenvalue weighted by Gasteiger charge is -2.31. The Bertz CT molecular complexity index is 505. The first-order valence-electron chi connectivity index (χ1n) is 6.89. The van der Waals surface area contributed by atoms with Gasteiger partial charge in [0.15, 0.2) is 0 Å². The van der Waals surface area contributed by atoms with E-state index in [1.807, 2.05) is 4.90 Å². The zero-order valence-electron chi connectivity index (χ0n) is 10.8. The second kappa shape index (κ2) is 5.00. The fraction of sp³-hybridized carbons (Fsp3) is 0.571. The lowest BCUT2D eigenvalue weighted by molar-refractivity contribution is 0.0690. The van der Waals surface area contributed by atoms with E-state index in [2.05, 4.69) is 4.98 Å². The fourth-order valence-corrected chi connectivity index (χ4v) is 3.62. The highest BCUT2D eigenvalue weighted by molar-refractivity contribution is 6.33. The van der Waals surface area contributed by atoms with Crippen molar-refractivity contribution < 1.29 is 4.79 Å². The first kappa shape index (κ1) is 12.7. The number of likely N-dealkylation sites (tertiary alicyclic amines) is 1. The zero-order chi connectivity index (χ0) is 13.4. The monoisotopic (exact) mass is 279 g/mol. The van der Waals surface area contributed by atoms with Gasteiger partial charge in [-0.2, -0.15) is 0 Å². The molecule has 1 aliphatic heterocycles. The maximum absolute atomic E-state index is 12.6. The number of carbonyl (C=O) groups excluding carboxylic acids is 1. The lowest BCUT2D eigenvalue weighted by Crippen LogP contribution is -2.39. The number of rotatable bonds is 1. The van der Waals surface area contributed by atoms with Crippen LogP contribution in [0.2, 0.25) is 5.02 Å². The summed E-state index contributed by atoms with van der Waals surface area (Å²) in [6.07, 6.45) is 7.46. The topological polar surface area (TPSA) is 59.2 Å². The number of nitrogen functional groups attached to an aromatic ring is 1. The van der Waals surface area contributed by atoms with Crippen molar-refractivity contribution in [3.63, 3.8) is 0 Å². The van der Waals surface area contributed by atoms with E-state index in [-0.39, 0.29) is 5.91 Å². The van der Waals surface area contributed by atoms with Gasteiger partial charge in [-0.25, -0.2) is 4.98 Å². The van der Waals surface area contributed by atoms with Crippen LogP contribution in [0.15, 0.2) is 12.3 Å². The van der Waals surface area contributed by atoms with Crippen molar-refractivity contribution in [2.45, 2.75) is 38.1 Å². The van der Waals surface area contributed by atoms with Crippen LogP contribution in [-0.2, 0) is 0 Å². The molecule has 1 amide bonds. The number of pyridine rings is 1. The Morgan fingerprint density at radius 3 is 3.00 bits per heavy atom. The molecule has 2 atom stereocenters. The highest BCUT2D eigenvalue weighted by atomic mass is 35.5. The average Bonchev–Trinajstić information content (AvgIpc) is 2.84. The standard InChI is InChI=1S/C14H18ClN3O/c15-11-8-17-13(16)7-10(11)14(19)18-6-5-9-3-1-2-4-12(9)18/h7-9,12H,1-6H2,(H2,16,17). The zero-order valence-corrected chi connectivity index (χ0v) is 11.6. The van der Waals surface area contributed by atoms with Gasteiger partial charge in [0.1, 0.15) is 5.82 Å². The number of hydrogen-bond acceptors (Lipinski definition) is 3. The van der Waals surface area contributed by atoms with Crippen LogP contribution < -0.4 is 5.73 Å². The molecule has 4 nitrogen and oxygen atoms in total. The summed E-state index contributed by atoms with van der Waals surface area (Å²) in [5.74, 6) is 1.02. The Kier molecular flexibility index (Phi) is 3.35. The van der Waals surface area contributed by atoms with E-state index in [1.54, 1.807) is 6.07 Å². The number of nitrogens with two attached hydrogens (primary N) is 1. The number of amides is 1. The molecule has 5 heteroatoms. The van der Waals surface area contributed by atoms with E-state index in [9.17, 15) is 4.79 Å². The number of halogens is 1. The summed E-state index contributed by atoms with van der Waals surface area (Å²) in [5.41, 5.74) is 6.14. The molecule has 1 aromatic rings. The summed E-state index contributed by atoms with van der Waals surface area (Å²) in [6, 6.07) is 1.98. The second-order valence-corrected chi connectivity index (χ2v) is 5.90. The van der Waals surface area contributed by atoms with Gasteiger partial charge in [0.2, 0.25) is 0 Å². The van der Waals surface area contributed by atoms with Crippen molar-refractivity contribution in [3.8, 4) is 0 Å². The number of anilines is 1. The molecule has 102 valence electrons. The smallest absolute Gasteiger partial charge is 0.255 e. The number of fused-ring (bicyclic) bond motifs is 1. The second-order valence-electron chi connectivity index (χ2n) is 5.49. The molecule has 2 heterocycles. The molecule has 1 aliphatic carbocycles. The third-order valence-corrected chi connectivity index (χ3v) is 4.68. The number of nitrogens with zero attached hydrogens (tertiary/aromatic N) is 2. The van der Waals surface area contributed by atoms with E-state index in [0.717, 1.165) is 19.4 Å². The van der Waals surface area contributed by atoms with Crippen molar-refractivity contribution in [2.75, 3.05) is 12.3 Å². The Hall–Kier alpha value is -1.29. The van der Waals surface area contributed by atoms with Gasteiger partial charge in [0.05, 0.1) is 10.6 Å². The maximum Gasteiger partial charge on any atom is 0.255 e. The summed E-state index contributed by atoms with van der Waals surface area (Å²) in [4.78, 5) is 18.5. The predicted molar refractivity (Wildman–Crippen MR) is 75.1 cm³/mol. The normalized spacial score (nSPS) is 26.3. The molecule has 3 rings (SSSR count). The van der Waals surface area contributed by atoms with Gasteiger partial charge in [0.25, 0.3) is 5.91 Å². The van der Waals surface area contributed by atoms with Crippen molar-refractivity contribution >= 4 is 23.3 Å². The molecule has 0 aromatic carbocycles. The van der Waals surface area contributed by atoms with Crippen molar-refractivity contribution in [1.82, 2.24) is 9.88 Å². The van der Waals surface area contributed by atoms with Crippen LogP contribution in [0.1, 0.15) is 42.5 Å². The fourth-order valence-electron chi connectivity index (χ4n) is 3.43. The molecular weight excluding hydrogens is 262 g/mol. The minimum absolute atomic E-state index is 0.00787. The molecular formula is C14H18ClN3O. The minimum atomic E-state index is 0.00787. The number of aromatic nitrogens is 1. The van der Waals surface area contributed by atoms with Crippen molar-refractivity contribution in [3.05, 3.63) is 22.8 Å². The van der Waals surface area contributed by atoms with Crippen LogP contribution in [0, 0.1) is 5.92 Å². The summed E-state index contributed by atoms with van der Waals surface area (Å²) in [6.45, 7) is 0.840. The van der Waals surface area contributed by atoms with E-state index in [0.29, 0.717) is 28.4 Å². The molecule has 0 spiro atoms. The van der Waals surface area contributed by atoms with Gasteiger partial charge in [-0.15, -0.1) is 0 Å².